The van der Waals surface area contributed by atoms with Gasteiger partial charge < -0.3 is 14.0 Å². The van der Waals surface area contributed by atoms with Crippen LogP contribution in [-0.2, 0) is 14.0 Å². The van der Waals surface area contributed by atoms with Crippen LogP contribution in [0.4, 0.5) is 0 Å². The molecule has 0 atom stereocenters. The van der Waals surface area contributed by atoms with Crippen LogP contribution in [-0.4, -0.2) is 36.4 Å². The van der Waals surface area contributed by atoms with E-state index in [9.17, 15) is 4.79 Å². The van der Waals surface area contributed by atoms with Gasteiger partial charge in [0.05, 0.1) is 18.3 Å². The molecule has 6 heteroatoms. The molecule has 1 saturated carbocycles. The Morgan fingerprint density at radius 3 is 2.28 bits per heavy atom. The maximum Gasteiger partial charge on any atom is 0.497 e. The molecule has 0 aromatic carbocycles. The van der Waals surface area contributed by atoms with Crippen molar-refractivity contribution < 1.29 is 18.8 Å². The summed E-state index contributed by atoms with van der Waals surface area (Å²) in [6, 6.07) is 3.94. The van der Waals surface area contributed by atoms with Crippen LogP contribution >= 0.6 is 0 Å². The van der Waals surface area contributed by atoms with Crippen LogP contribution < -0.4 is 5.46 Å². The average molecular weight is 345 g/mol. The van der Waals surface area contributed by atoms with E-state index in [2.05, 4.69) is 4.98 Å². The minimum atomic E-state index is -0.619. The average Bonchev–Trinajstić information content (AvgIpc) is 2.82. The van der Waals surface area contributed by atoms with Crippen LogP contribution in [0.5, 0.6) is 0 Å². The first-order valence-corrected chi connectivity index (χ1v) is 9.20. The molecule has 0 bridgehead atoms. The summed E-state index contributed by atoms with van der Waals surface area (Å²) in [6.07, 6.45) is 5.98. The third kappa shape index (κ3) is 3.47. The molecule has 3 rings (SSSR count). The first-order chi connectivity index (χ1) is 11.7. The van der Waals surface area contributed by atoms with E-state index in [1.807, 2.05) is 39.8 Å². The largest absolute Gasteiger partial charge is 0.497 e. The fourth-order valence-corrected chi connectivity index (χ4v) is 3.53. The lowest BCUT2D eigenvalue weighted by Gasteiger charge is -2.32. The van der Waals surface area contributed by atoms with Gasteiger partial charge in [0.15, 0.2) is 0 Å². The minimum absolute atomic E-state index is 0.309. The quantitative estimate of drug-likeness (QED) is 0.622. The minimum Gasteiger partial charge on any atom is -0.464 e. The van der Waals surface area contributed by atoms with Crippen molar-refractivity contribution in [2.75, 3.05) is 7.11 Å². The lowest BCUT2D eigenvalue weighted by Crippen LogP contribution is -2.41. The predicted molar refractivity (Wildman–Crippen MR) is 97.1 cm³/mol. The van der Waals surface area contributed by atoms with Gasteiger partial charge in [-0.3, -0.25) is 0 Å². The third-order valence-corrected chi connectivity index (χ3v) is 5.86. The number of hydrogen-bond acceptors (Lipinski definition) is 5. The zero-order chi connectivity index (χ0) is 18.2. The highest BCUT2D eigenvalue weighted by molar-refractivity contribution is 6.63. The zero-order valence-electron chi connectivity index (χ0n) is 15.9. The van der Waals surface area contributed by atoms with E-state index in [4.69, 9.17) is 14.0 Å². The van der Waals surface area contributed by atoms with E-state index in [0.717, 1.165) is 18.5 Å². The molecule has 0 radical (unpaired) electrons. The van der Waals surface area contributed by atoms with Crippen molar-refractivity contribution in [3.8, 4) is 0 Å². The Balaban J connectivity index is 1.95. The molecule has 1 aliphatic heterocycles. The Labute approximate surface area is 150 Å². The molecule has 25 heavy (non-hydrogen) atoms. The summed E-state index contributed by atoms with van der Waals surface area (Å²) in [4.78, 5) is 17.0. The van der Waals surface area contributed by atoms with Gasteiger partial charge in [-0.25, -0.2) is 9.78 Å². The number of methoxy groups -OCH3 is 1. The van der Waals surface area contributed by atoms with Gasteiger partial charge in [-0.2, -0.15) is 0 Å². The zero-order valence-corrected chi connectivity index (χ0v) is 15.9. The number of pyridine rings is 1. The standard InChI is InChI=1S/C19H28BNO4/c1-18(2)19(3,4)25-20(24-18)14-11-12-15(13-9-7-6-8-10-13)21-16(14)17(22)23-5/h11-13H,6-10H2,1-5H3. The Morgan fingerprint density at radius 2 is 1.72 bits per heavy atom. The molecule has 2 aliphatic rings. The van der Waals surface area contributed by atoms with Gasteiger partial charge in [0.2, 0.25) is 0 Å². The molecule has 2 heterocycles. The molecule has 1 aromatic heterocycles. The van der Waals surface area contributed by atoms with Gasteiger partial charge in [-0.15, -0.1) is 0 Å². The Hall–Kier alpha value is -1.40. The second-order valence-corrected chi connectivity index (χ2v) is 8.09. The van der Waals surface area contributed by atoms with Crippen LogP contribution in [0.3, 0.4) is 0 Å². The topological polar surface area (TPSA) is 57.7 Å². The van der Waals surface area contributed by atoms with Crippen molar-refractivity contribution in [3.05, 3.63) is 23.5 Å². The van der Waals surface area contributed by atoms with Crippen LogP contribution in [0, 0.1) is 0 Å². The summed E-state index contributed by atoms with van der Waals surface area (Å²) in [7, 11) is 0.762. The number of carbonyl (C=O) groups is 1. The highest BCUT2D eigenvalue weighted by Crippen LogP contribution is 2.37. The molecule has 136 valence electrons. The molecule has 0 unspecified atom stereocenters. The van der Waals surface area contributed by atoms with E-state index >= 15 is 0 Å². The van der Waals surface area contributed by atoms with E-state index in [1.54, 1.807) is 0 Å². The summed E-state index contributed by atoms with van der Waals surface area (Å²) < 4.78 is 17.2. The lowest BCUT2D eigenvalue weighted by atomic mass is 9.76. The van der Waals surface area contributed by atoms with Crippen LogP contribution in [0.2, 0.25) is 0 Å². The van der Waals surface area contributed by atoms with Gasteiger partial charge in [0, 0.05) is 17.1 Å². The first-order valence-electron chi connectivity index (χ1n) is 9.20. The van der Waals surface area contributed by atoms with Crippen molar-refractivity contribution in [3.63, 3.8) is 0 Å². The second kappa shape index (κ2) is 6.73. The van der Waals surface area contributed by atoms with Crippen molar-refractivity contribution in [1.29, 1.82) is 0 Å². The maximum absolute atomic E-state index is 12.4. The fraction of sp³-hybridized carbons (Fsp3) is 0.684. The molecule has 2 fully saturated rings. The van der Waals surface area contributed by atoms with E-state index < -0.39 is 24.3 Å². The summed E-state index contributed by atoms with van der Waals surface area (Å²) in [5, 5.41) is 0. The highest BCUT2D eigenvalue weighted by atomic mass is 16.7. The molecular weight excluding hydrogens is 317 g/mol. The van der Waals surface area contributed by atoms with Gasteiger partial charge in [-0.05, 0) is 46.6 Å². The Kier molecular flexibility index (Phi) is 4.95. The Bertz CT molecular complexity index is 637. The number of hydrogen-bond donors (Lipinski definition) is 0. The highest BCUT2D eigenvalue weighted by Gasteiger charge is 2.52. The fourth-order valence-electron chi connectivity index (χ4n) is 3.53. The number of aromatic nitrogens is 1. The molecule has 1 saturated heterocycles. The summed E-state index contributed by atoms with van der Waals surface area (Å²) in [5.74, 6) is -0.0214. The summed E-state index contributed by atoms with van der Waals surface area (Å²) in [6.45, 7) is 7.98. The molecule has 0 N–H and O–H groups in total. The molecule has 1 aromatic rings. The second-order valence-electron chi connectivity index (χ2n) is 8.09. The monoisotopic (exact) mass is 345 g/mol. The van der Waals surface area contributed by atoms with Crippen LogP contribution in [0.1, 0.15) is 81.9 Å². The van der Waals surface area contributed by atoms with E-state index in [0.29, 0.717) is 17.1 Å². The van der Waals surface area contributed by atoms with Crippen LogP contribution in [0.15, 0.2) is 12.1 Å². The van der Waals surface area contributed by atoms with Crippen molar-refractivity contribution in [2.45, 2.75) is 76.9 Å². The van der Waals surface area contributed by atoms with Crippen molar-refractivity contribution in [2.24, 2.45) is 0 Å². The normalized spacial score (nSPS) is 22.8. The van der Waals surface area contributed by atoms with Crippen molar-refractivity contribution >= 4 is 18.6 Å². The van der Waals surface area contributed by atoms with Gasteiger partial charge in [0.1, 0.15) is 5.69 Å². The molecule has 0 amide bonds. The number of nitrogens with zero attached hydrogens (tertiary/aromatic N) is 1. The van der Waals surface area contributed by atoms with Gasteiger partial charge in [-0.1, -0.05) is 25.3 Å². The third-order valence-electron chi connectivity index (χ3n) is 5.86. The van der Waals surface area contributed by atoms with E-state index in [-0.39, 0.29) is 0 Å². The number of ether oxygens (including phenoxy) is 1. The number of rotatable bonds is 3. The van der Waals surface area contributed by atoms with Gasteiger partial charge in [0.25, 0.3) is 0 Å². The SMILES string of the molecule is COC(=O)c1nc(C2CCCCC2)ccc1B1OC(C)(C)C(C)(C)O1. The molecule has 0 spiro atoms. The maximum atomic E-state index is 12.4. The molecule has 5 nitrogen and oxygen atoms in total. The predicted octanol–water partition coefficient (Wildman–Crippen LogP) is 3.22. The number of esters is 1. The van der Waals surface area contributed by atoms with E-state index in [1.165, 1.54) is 26.4 Å². The summed E-state index contributed by atoms with van der Waals surface area (Å²) in [5.41, 5.74) is 0.995. The molecular formula is C19H28BNO4. The summed E-state index contributed by atoms with van der Waals surface area (Å²) >= 11 is 0. The first kappa shape index (κ1) is 18.4. The Morgan fingerprint density at radius 1 is 1.12 bits per heavy atom. The molecule has 1 aliphatic carbocycles. The van der Waals surface area contributed by atoms with Gasteiger partial charge >= 0.3 is 13.1 Å². The van der Waals surface area contributed by atoms with Crippen molar-refractivity contribution in [1.82, 2.24) is 4.98 Å². The van der Waals surface area contributed by atoms with Crippen LogP contribution in [0.25, 0.3) is 0 Å². The smallest absolute Gasteiger partial charge is 0.464 e. The number of carbonyl (C=O) groups excluding carboxylic acids is 1. The lowest BCUT2D eigenvalue weighted by molar-refractivity contribution is 0.00578.